The largest absolute Gasteiger partial charge is 0.453 e. The number of aromatic nitrogens is 1. The molecule has 0 aliphatic carbocycles. The molecule has 0 fully saturated rings. The van der Waals surface area contributed by atoms with Crippen LogP contribution < -0.4 is 20.7 Å². The minimum atomic E-state index is -3.07. The summed E-state index contributed by atoms with van der Waals surface area (Å²) in [4.78, 5) is 0. The van der Waals surface area contributed by atoms with Gasteiger partial charge in [-0.3, -0.25) is 0 Å². The van der Waals surface area contributed by atoms with Crippen LogP contribution in [-0.4, -0.2) is 4.57 Å². The maximum Gasteiger partial charge on any atom is 0.171 e. The third-order valence-corrected chi connectivity index (χ3v) is 10.9. The monoisotopic (exact) mass is 533 g/mol. The van der Waals surface area contributed by atoms with Gasteiger partial charge in [-0.05, 0) is 41.5 Å². The third-order valence-electron chi connectivity index (χ3n) is 7.86. The number of rotatable bonds is 4. The average Bonchev–Trinajstić information content (AvgIpc) is 3.37. The van der Waals surface area contributed by atoms with E-state index in [1.54, 1.807) is 0 Å². The van der Waals surface area contributed by atoms with Gasteiger partial charge in [0, 0.05) is 26.7 Å². The molecule has 0 N–H and O–H groups in total. The maximum atomic E-state index is 14.9. The molecule has 0 saturated heterocycles. The second-order valence-corrected chi connectivity index (χ2v) is 12.9. The number of fused-ring (bicyclic) bond motifs is 5. The fourth-order valence-electron chi connectivity index (χ4n) is 6.00. The molecule has 7 aromatic rings. The van der Waals surface area contributed by atoms with E-state index in [1.165, 1.54) is 10.8 Å². The van der Waals surface area contributed by atoms with E-state index in [1.807, 2.05) is 78.9 Å². The Kier molecular flexibility index (Phi) is 5.10. The van der Waals surface area contributed by atoms with E-state index in [0.29, 0.717) is 0 Å². The fraction of sp³-hybridized carbons (Fsp3) is 0. The van der Waals surface area contributed by atoms with Crippen LogP contribution >= 0.6 is 7.14 Å². The summed E-state index contributed by atoms with van der Waals surface area (Å²) >= 11 is 0. The highest BCUT2D eigenvalue weighted by Gasteiger charge is 2.30. The molecule has 8 rings (SSSR count). The molecule has 1 aromatic heterocycles. The Morgan fingerprint density at radius 1 is 0.500 bits per heavy atom. The summed E-state index contributed by atoms with van der Waals surface area (Å²) in [7, 11) is -3.07. The summed E-state index contributed by atoms with van der Waals surface area (Å²) in [6, 6.07) is 48.8. The highest BCUT2D eigenvalue weighted by atomic mass is 31.2. The summed E-state index contributed by atoms with van der Waals surface area (Å²) in [5.41, 5.74) is 5.29. The first-order valence-electron chi connectivity index (χ1n) is 13.4. The highest BCUT2D eigenvalue weighted by molar-refractivity contribution is 7.85. The number of ether oxygens (including phenoxy) is 1. The lowest BCUT2D eigenvalue weighted by Gasteiger charge is -2.22. The predicted octanol–water partition coefficient (Wildman–Crippen LogP) is 8.20. The maximum absolute atomic E-state index is 14.9. The van der Waals surface area contributed by atoms with Crippen LogP contribution in [0.15, 0.2) is 146 Å². The molecule has 3 nitrogen and oxygen atoms in total. The lowest BCUT2D eigenvalue weighted by Crippen LogP contribution is -2.25. The number of nitrogens with zero attached hydrogens (tertiary/aromatic N) is 1. The van der Waals surface area contributed by atoms with E-state index in [9.17, 15) is 4.57 Å². The van der Waals surface area contributed by atoms with Crippen molar-refractivity contribution < 1.29 is 9.30 Å². The van der Waals surface area contributed by atoms with Gasteiger partial charge in [-0.1, -0.05) is 115 Å². The smallest absolute Gasteiger partial charge is 0.171 e. The van der Waals surface area contributed by atoms with Gasteiger partial charge in [0.15, 0.2) is 18.6 Å². The Morgan fingerprint density at radius 3 is 1.90 bits per heavy atom. The SMILES string of the molecule is O=P(c1ccccc1)(c1ccccc1)c1cccc(-c2ccc3c(c2)Oc2cccc4c5ccccc5n-3c24)c1. The van der Waals surface area contributed by atoms with E-state index in [2.05, 4.69) is 71.3 Å². The zero-order chi connectivity index (χ0) is 26.7. The van der Waals surface area contributed by atoms with E-state index in [4.69, 9.17) is 4.74 Å². The van der Waals surface area contributed by atoms with Crippen LogP contribution in [0.3, 0.4) is 0 Å². The third kappa shape index (κ3) is 3.35. The molecule has 1 aliphatic heterocycles. The number of benzene rings is 6. The van der Waals surface area contributed by atoms with Gasteiger partial charge in [-0.25, -0.2) is 0 Å². The van der Waals surface area contributed by atoms with Crippen LogP contribution in [-0.2, 0) is 4.57 Å². The molecule has 6 aromatic carbocycles. The van der Waals surface area contributed by atoms with Crippen molar-refractivity contribution >= 4 is 44.9 Å². The zero-order valence-electron chi connectivity index (χ0n) is 21.6. The normalized spacial score (nSPS) is 12.3. The first-order chi connectivity index (χ1) is 19.7. The molecule has 0 radical (unpaired) electrons. The van der Waals surface area contributed by atoms with E-state index in [-0.39, 0.29) is 0 Å². The van der Waals surface area contributed by atoms with Crippen molar-refractivity contribution in [3.8, 4) is 28.3 Å². The van der Waals surface area contributed by atoms with E-state index >= 15 is 0 Å². The molecule has 0 amide bonds. The van der Waals surface area contributed by atoms with Gasteiger partial charge in [-0.2, -0.15) is 0 Å². The molecule has 0 spiro atoms. The number of hydrogen-bond donors (Lipinski definition) is 0. The topological polar surface area (TPSA) is 31.2 Å². The van der Waals surface area contributed by atoms with Crippen molar-refractivity contribution in [3.63, 3.8) is 0 Å². The van der Waals surface area contributed by atoms with Crippen molar-refractivity contribution in [1.82, 2.24) is 4.57 Å². The van der Waals surface area contributed by atoms with Crippen LogP contribution in [0.25, 0.3) is 38.6 Å². The molecule has 40 heavy (non-hydrogen) atoms. The predicted molar refractivity (Wildman–Crippen MR) is 166 cm³/mol. The second kappa shape index (κ2) is 8.84. The summed E-state index contributed by atoms with van der Waals surface area (Å²) in [6.45, 7) is 0. The van der Waals surface area contributed by atoms with Crippen LogP contribution in [0.5, 0.6) is 11.5 Å². The van der Waals surface area contributed by atoms with Crippen LogP contribution in [0, 0.1) is 0 Å². The van der Waals surface area contributed by atoms with Gasteiger partial charge < -0.3 is 13.9 Å². The van der Waals surface area contributed by atoms with Crippen LogP contribution in [0.1, 0.15) is 0 Å². The lowest BCUT2D eigenvalue weighted by molar-refractivity contribution is 0.476. The second-order valence-electron chi connectivity index (χ2n) is 10.1. The zero-order valence-corrected chi connectivity index (χ0v) is 22.5. The van der Waals surface area contributed by atoms with Crippen molar-refractivity contribution in [2.75, 3.05) is 0 Å². The van der Waals surface area contributed by atoms with Crippen LogP contribution in [0.4, 0.5) is 0 Å². The summed E-state index contributed by atoms with van der Waals surface area (Å²) in [6.07, 6.45) is 0. The Labute approximate surface area is 232 Å². The summed E-state index contributed by atoms with van der Waals surface area (Å²) < 4.78 is 23.8. The van der Waals surface area contributed by atoms with Gasteiger partial charge in [0.25, 0.3) is 0 Å². The molecule has 1 aliphatic rings. The minimum Gasteiger partial charge on any atom is -0.453 e. The highest BCUT2D eigenvalue weighted by Crippen LogP contribution is 2.47. The molecular weight excluding hydrogens is 509 g/mol. The van der Waals surface area contributed by atoms with E-state index < -0.39 is 7.14 Å². The van der Waals surface area contributed by atoms with Crippen molar-refractivity contribution in [3.05, 3.63) is 146 Å². The van der Waals surface area contributed by atoms with Gasteiger partial charge in [0.2, 0.25) is 0 Å². The van der Waals surface area contributed by atoms with Gasteiger partial charge in [0.05, 0.1) is 16.7 Å². The molecular formula is C36H24NO2P. The standard InChI is InChI=1S/C36H24NO2P/c38-40(27-12-3-1-4-13-27,28-14-5-2-6-15-28)29-16-9-11-25(23-29)26-21-22-33-35(24-26)39-34-20-10-18-31-30-17-7-8-19-32(30)37(33)36(31)34/h1-24H. The minimum absolute atomic E-state index is 0.804. The van der Waals surface area contributed by atoms with Gasteiger partial charge in [0.1, 0.15) is 0 Å². The molecule has 190 valence electrons. The summed E-state index contributed by atoms with van der Waals surface area (Å²) in [5, 5.41) is 4.86. The Hall–Kier alpha value is -4.85. The lowest BCUT2D eigenvalue weighted by atomic mass is 10.0. The average molecular weight is 534 g/mol. The van der Waals surface area contributed by atoms with Crippen molar-refractivity contribution in [2.24, 2.45) is 0 Å². The number of hydrogen-bond acceptors (Lipinski definition) is 2. The fourth-order valence-corrected chi connectivity index (χ4v) is 8.70. The van der Waals surface area contributed by atoms with E-state index in [0.717, 1.165) is 55.3 Å². The Balaban J connectivity index is 1.29. The van der Waals surface area contributed by atoms with Crippen molar-refractivity contribution in [2.45, 2.75) is 0 Å². The van der Waals surface area contributed by atoms with Gasteiger partial charge in [-0.15, -0.1) is 0 Å². The Morgan fingerprint density at radius 2 is 1.12 bits per heavy atom. The summed E-state index contributed by atoms with van der Waals surface area (Å²) in [5.74, 6) is 1.66. The molecule has 0 atom stereocenters. The molecule has 0 saturated carbocycles. The van der Waals surface area contributed by atoms with Gasteiger partial charge >= 0.3 is 0 Å². The molecule has 4 heteroatoms. The molecule has 0 unspecified atom stereocenters. The Bertz CT molecular complexity index is 2070. The molecule has 2 heterocycles. The van der Waals surface area contributed by atoms with Crippen molar-refractivity contribution in [1.29, 1.82) is 0 Å². The number of para-hydroxylation sites is 2. The van der Waals surface area contributed by atoms with Crippen LogP contribution in [0.2, 0.25) is 0 Å². The molecule has 0 bridgehead atoms. The first kappa shape index (κ1) is 23.1. The first-order valence-corrected chi connectivity index (χ1v) is 15.1. The quantitative estimate of drug-likeness (QED) is 0.214.